The highest BCUT2D eigenvalue weighted by molar-refractivity contribution is 8.05. The summed E-state index contributed by atoms with van der Waals surface area (Å²) in [5.74, 6) is 0.469. The first-order valence-electron chi connectivity index (χ1n) is 15.7. The maximum absolute atomic E-state index is 14.0. The van der Waals surface area contributed by atoms with Crippen molar-refractivity contribution in [1.82, 2.24) is 9.62 Å². The fourth-order valence-electron chi connectivity index (χ4n) is 5.00. The number of nitrogens with one attached hydrogen (secondary N) is 1. The molecule has 3 rings (SSSR count). The van der Waals surface area contributed by atoms with Crippen LogP contribution < -0.4 is 9.62 Å². The van der Waals surface area contributed by atoms with E-state index in [-0.39, 0.29) is 17.9 Å². The van der Waals surface area contributed by atoms with E-state index in [2.05, 4.69) is 47.2 Å². The van der Waals surface area contributed by atoms with Crippen molar-refractivity contribution < 1.29 is 13.4 Å². The summed E-state index contributed by atoms with van der Waals surface area (Å²) in [6, 6.07) is 11.9. The Morgan fingerprint density at radius 1 is 1.23 bits per heavy atom. The van der Waals surface area contributed by atoms with Gasteiger partial charge in [-0.15, -0.1) is 11.8 Å². The summed E-state index contributed by atoms with van der Waals surface area (Å²) >= 11 is 1.68. The number of anilines is 1. The number of rotatable bonds is 13. The average Bonchev–Trinajstić information content (AvgIpc) is 3.02. The fourth-order valence-corrected chi connectivity index (χ4v) is 6.89. The molecule has 0 bridgehead atoms. The number of thioether (sulfide) groups is 1. The van der Waals surface area contributed by atoms with E-state index in [9.17, 15) is 13.4 Å². The van der Waals surface area contributed by atoms with Gasteiger partial charge in [0.05, 0.1) is 11.4 Å². The second-order valence-corrected chi connectivity index (χ2v) is 13.0. The monoisotopic (exact) mass is 642 g/mol. The number of carbonyl (C=O) groups excluding carboxylic acids is 1. The van der Waals surface area contributed by atoms with E-state index in [1.165, 1.54) is 22.6 Å². The van der Waals surface area contributed by atoms with E-state index in [4.69, 9.17) is 0 Å². The lowest BCUT2D eigenvalue weighted by Gasteiger charge is -2.31. The first kappa shape index (κ1) is 37.4. The zero-order chi connectivity index (χ0) is 32.6. The molecule has 3 atom stereocenters. The maximum Gasteiger partial charge on any atom is 0.228 e. The third-order valence-corrected chi connectivity index (χ3v) is 9.76. The number of hydrogen-bond acceptors (Lipinski definition) is 4. The third kappa shape index (κ3) is 11.0. The van der Waals surface area contributed by atoms with E-state index in [0.29, 0.717) is 17.9 Å². The van der Waals surface area contributed by atoms with Crippen molar-refractivity contribution in [3.63, 3.8) is 0 Å². The predicted molar refractivity (Wildman–Crippen MR) is 188 cm³/mol. The first-order chi connectivity index (χ1) is 21.2. The molecule has 2 aromatic carbocycles. The molecule has 0 saturated carbocycles. The van der Waals surface area contributed by atoms with Gasteiger partial charge in [0.1, 0.15) is 22.6 Å². The Hall–Kier alpha value is -2.75. The van der Waals surface area contributed by atoms with Crippen LogP contribution in [0, 0.1) is 11.7 Å². The zero-order valence-electron chi connectivity index (χ0n) is 27.7. The van der Waals surface area contributed by atoms with Crippen molar-refractivity contribution in [3.05, 3.63) is 81.9 Å². The number of fused-ring (bicyclic) bond motifs is 1. The summed E-state index contributed by atoms with van der Waals surface area (Å²) in [7, 11) is 4.04. The third-order valence-electron chi connectivity index (χ3n) is 7.33. The molecular weight excluding hydrogens is 592 g/mol. The van der Waals surface area contributed by atoms with Crippen LogP contribution in [0.25, 0.3) is 0 Å². The molecule has 9 heteroatoms. The normalized spacial score (nSPS) is 16.5. The van der Waals surface area contributed by atoms with Gasteiger partial charge in [-0.2, -0.15) is 0 Å². The molecule has 0 aliphatic heterocycles. The van der Waals surface area contributed by atoms with E-state index < -0.39 is 16.8 Å². The molecule has 6 nitrogen and oxygen atoms in total. The van der Waals surface area contributed by atoms with Gasteiger partial charge in [0.2, 0.25) is 5.91 Å². The van der Waals surface area contributed by atoms with Crippen LogP contribution in [0.3, 0.4) is 0 Å². The van der Waals surface area contributed by atoms with Gasteiger partial charge in [-0.25, -0.2) is 13.3 Å². The van der Waals surface area contributed by atoms with E-state index in [0.717, 1.165) is 49.2 Å². The largest absolute Gasteiger partial charge is 0.365 e. The number of allylic oxidation sites excluding steroid dienone is 3. The predicted octanol–water partition coefficient (Wildman–Crippen LogP) is 8.44. The van der Waals surface area contributed by atoms with Gasteiger partial charge < -0.3 is 9.80 Å². The molecule has 0 saturated heterocycles. The number of carbonyl (C=O) groups is 1. The van der Waals surface area contributed by atoms with E-state index >= 15 is 0 Å². The van der Waals surface area contributed by atoms with Crippen molar-refractivity contribution >= 4 is 40.2 Å². The van der Waals surface area contributed by atoms with Crippen molar-refractivity contribution in [1.29, 1.82) is 0 Å². The van der Waals surface area contributed by atoms with Crippen molar-refractivity contribution in [3.8, 4) is 0 Å². The van der Waals surface area contributed by atoms with Crippen molar-refractivity contribution in [2.24, 2.45) is 10.9 Å². The molecule has 0 fully saturated rings. The Morgan fingerprint density at radius 3 is 2.61 bits per heavy atom. The SMILES string of the molecule is C/C=C\S/C(=C/CCC)[C@@H](C)CC(=O)N(CC(=NC)N(C)C)c1ccc2c(c1)C(NS(=O)c1cccc(F)c1)CCC2.CC. The number of halogens is 1. The van der Waals surface area contributed by atoms with Gasteiger partial charge in [0.25, 0.3) is 0 Å². The second kappa shape index (κ2) is 19.6. The summed E-state index contributed by atoms with van der Waals surface area (Å²) in [6.45, 7) is 10.6. The summed E-state index contributed by atoms with van der Waals surface area (Å²) in [6.07, 6.45) is 9.34. The number of hydrogen-bond donors (Lipinski definition) is 1. The van der Waals surface area contributed by atoms with Gasteiger partial charge in [-0.3, -0.25) is 9.79 Å². The average molecular weight is 643 g/mol. The Labute approximate surface area is 271 Å². The summed E-state index contributed by atoms with van der Waals surface area (Å²) in [5, 5.41) is 2.07. The molecule has 2 unspecified atom stereocenters. The minimum Gasteiger partial charge on any atom is -0.365 e. The molecule has 1 N–H and O–H groups in total. The number of aliphatic imine (C=N–C) groups is 1. The number of amidine groups is 1. The smallest absolute Gasteiger partial charge is 0.228 e. The van der Waals surface area contributed by atoms with Crippen LogP contribution >= 0.6 is 11.8 Å². The van der Waals surface area contributed by atoms with Crippen LogP contribution in [0.15, 0.2) is 74.8 Å². The van der Waals surface area contributed by atoms with Crippen LogP contribution in [0.2, 0.25) is 0 Å². The van der Waals surface area contributed by atoms with Gasteiger partial charge in [0, 0.05) is 39.3 Å². The molecule has 44 heavy (non-hydrogen) atoms. The highest BCUT2D eigenvalue weighted by atomic mass is 32.2. The van der Waals surface area contributed by atoms with Gasteiger partial charge >= 0.3 is 0 Å². The number of benzene rings is 2. The molecule has 242 valence electrons. The number of aryl methyl sites for hydroxylation is 1. The molecule has 1 aliphatic carbocycles. The van der Waals surface area contributed by atoms with E-state index in [1.54, 1.807) is 30.9 Å². The first-order valence-corrected chi connectivity index (χ1v) is 17.7. The van der Waals surface area contributed by atoms with Crippen LogP contribution in [-0.4, -0.2) is 48.5 Å². The molecule has 2 aromatic rings. The van der Waals surface area contributed by atoms with Crippen molar-refractivity contribution in [2.45, 2.75) is 84.1 Å². The number of likely N-dealkylation sites (N-methyl/N-ethyl adjacent to an activating group) is 1. The minimum atomic E-state index is -1.57. The molecule has 0 spiro atoms. The topological polar surface area (TPSA) is 65.0 Å². The van der Waals surface area contributed by atoms with Gasteiger partial charge in [-0.1, -0.05) is 58.4 Å². The van der Waals surface area contributed by atoms with Crippen LogP contribution in [0.4, 0.5) is 10.1 Å². The lowest BCUT2D eigenvalue weighted by atomic mass is 9.87. The Morgan fingerprint density at radius 2 is 1.98 bits per heavy atom. The summed E-state index contributed by atoms with van der Waals surface area (Å²) in [4.78, 5) is 23.8. The van der Waals surface area contributed by atoms with Crippen LogP contribution in [-0.2, 0) is 22.2 Å². The molecule has 1 amide bonds. The molecule has 0 aromatic heterocycles. The number of nitrogens with zero attached hydrogens (tertiary/aromatic N) is 3. The summed E-state index contributed by atoms with van der Waals surface area (Å²) in [5.41, 5.74) is 2.99. The quantitative estimate of drug-likeness (QED) is 0.176. The Bertz CT molecular complexity index is 1330. The fraction of sp³-hybridized carbons (Fsp3) is 0.486. The highest BCUT2D eigenvalue weighted by Gasteiger charge is 2.27. The molecule has 0 radical (unpaired) electrons. The minimum absolute atomic E-state index is 0.0255. The zero-order valence-corrected chi connectivity index (χ0v) is 29.4. The van der Waals surface area contributed by atoms with E-state index in [1.807, 2.05) is 56.8 Å². The van der Waals surface area contributed by atoms with Crippen LogP contribution in [0.1, 0.15) is 83.9 Å². The summed E-state index contributed by atoms with van der Waals surface area (Å²) < 4.78 is 30.1. The molecule has 0 heterocycles. The van der Waals surface area contributed by atoms with Gasteiger partial charge in [0.15, 0.2) is 0 Å². The Kier molecular flexibility index (Phi) is 16.7. The van der Waals surface area contributed by atoms with Crippen LogP contribution in [0.5, 0.6) is 0 Å². The van der Waals surface area contributed by atoms with Crippen molar-refractivity contribution in [2.75, 3.05) is 32.6 Å². The van der Waals surface area contributed by atoms with Gasteiger partial charge in [-0.05, 0) is 90.3 Å². The maximum atomic E-state index is 14.0. The lowest BCUT2D eigenvalue weighted by Crippen LogP contribution is -2.41. The second-order valence-electron chi connectivity index (χ2n) is 10.8. The Balaban J connectivity index is 0.00000330. The molecular formula is C35H51FN4O2S2. The standard InChI is InChI=1S/C33H45FN4O2S2.C2H6/c1-7-9-16-31(41-19-8-2)24(3)20-33(39)38(23-32(35-4)37(5)6)27-18-17-25-12-10-15-30(29(25)22-27)36-42(40)28-14-11-13-26(34)21-28;1-2/h8,11,13-14,16-19,21-22,24,30,36H,7,9-10,12,15,20,23H2,1-6H3;1-2H3/b19-8-,31-16+,35-32?;/t24-,30?,42?;/m0./s1. The highest BCUT2D eigenvalue weighted by Crippen LogP contribution is 2.35. The lowest BCUT2D eigenvalue weighted by molar-refractivity contribution is -0.119. The number of unbranched alkanes of at least 4 members (excludes halogenated alkanes) is 1. The number of amides is 1. The molecule has 1 aliphatic rings.